The number of alkyl halides is 1. The summed E-state index contributed by atoms with van der Waals surface area (Å²) >= 11 is 3.46. The number of ether oxygens (including phenoxy) is 2. The van der Waals surface area contributed by atoms with Crippen LogP contribution >= 0.6 is 15.9 Å². The van der Waals surface area contributed by atoms with Crippen LogP contribution in [0.25, 0.3) is 0 Å². The van der Waals surface area contributed by atoms with Crippen LogP contribution in [0.3, 0.4) is 0 Å². The highest BCUT2D eigenvalue weighted by molar-refractivity contribution is 9.09. The highest BCUT2D eigenvalue weighted by Gasteiger charge is 2.40. The molecule has 2 aliphatic rings. The summed E-state index contributed by atoms with van der Waals surface area (Å²) in [6, 6.07) is 0. The van der Waals surface area contributed by atoms with Gasteiger partial charge < -0.3 is 9.47 Å². The minimum Gasteiger partial charge on any atom is -0.347 e. The summed E-state index contributed by atoms with van der Waals surface area (Å²) < 4.78 is 11.9. The van der Waals surface area contributed by atoms with E-state index in [-0.39, 0.29) is 11.9 Å². The quantitative estimate of drug-likeness (QED) is 0.676. The van der Waals surface area contributed by atoms with E-state index in [0.717, 1.165) is 24.8 Å². The van der Waals surface area contributed by atoms with Crippen molar-refractivity contribution in [3.8, 4) is 0 Å². The van der Waals surface area contributed by atoms with Crippen LogP contribution in [0.4, 0.5) is 0 Å². The fourth-order valence-corrected chi connectivity index (χ4v) is 2.72. The first-order valence-corrected chi connectivity index (χ1v) is 6.84. The van der Waals surface area contributed by atoms with Crippen molar-refractivity contribution in [3.05, 3.63) is 0 Å². The van der Waals surface area contributed by atoms with Crippen molar-refractivity contribution >= 4 is 15.9 Å². The van der Waals surface area contributed by atoms with Gasteiger partial charge in [0.05, 0.1) is 12.7 Å². The molecule has 14 heavy (non-hydrogen) atoms. The molecular formula is C11H19BrO2. The van der Waals surface area contributed by atoms with Gasteiger partial charge in [-0.05, 0) is 12.8 Å². The molecule has 0 N–H and O–H groups in total. The van der Waals surface area contributed by atoms with E-state index in [2.05, 4.69) is 15.9 Å². The predicted molar refractivity (Wildman–Crippen MR) is 59.7 cm³/mol. The van der Waals surface area contributed by atoms with E-state index in [1.54, 1.807) is 0 Å². The normalized spacial score (nSPS) is 32.8. The fourth-order valence-electron chi connectivity index (χ4n) is 2.40. The lowest BCUT2D eigenvalue weighted by atomic mass is 9.96. The molecule has 1 saturated carbocycles. The minimum absolute atomic E-state index is 0.209. The number of hydrogen-bond acceptors (Lipinski definition) is 2. The number of hydrogen-bond donors (Lipinski definition) is 0. The summed E-state index contributed by atoms with van der Waals surface area (Å²) in [6.07, 6.45) is 9.05. The second kappa shape index (κ2) is 4.95. The Morgan fingerprint density at radius 2 is 1.71 bits per heavy atom. The Balaban J connectivity index is 1.92. The third-order valence-corrected chi connectivity index (χ3v) is 3.92. The number of halogens is 1. The van der Waals surface area contributed by atoms with E-state index in [1.807, 2.05) is 0 Å². The second-order valence-corrected chi connectivity index (χ2v) is 5.03. The molecule has 1 saturated heterocycles. The summed E-state index contributed by atoms with van der Waals surface area (Å²) in [5.41, 5.74) is 0. The van der Waals surface area contributed by atoms with Crippen molar-refractivity contribution in [2.45, 2.75) is 56.8 Å². The van der Waals surface area contributed by atoms with E-state index >= 15 is 0 Å². The molecule has 1 spiro atoms. The molecule has 1 aliphatic heterocycles. The lowest BCUT2D eigenvalue weighted by molar-refractivity contribution is -0.178. The van der Waals surface area contributed by atoms with Gasteiger partial charge in [0, 0.05) is 18.2 Å². The highest BCUT2D eigenvalue weighted by Crippen LogP contribution is 2.36. The van der Waals surface area contributed by atoms with E-state index in [0.29, 0.717) is 0 Å². The maximum Gasteiger partial charge on any atom is 0.168 e. The lowest BCUT2D eigenvalue weighted by Crippen LogP contribution is -2.32. The first-order chi connectivity index (χ1) is 6.85. The molecule has 0 aromatic heterocycles. The molecule has 1 aliphatic carbocycles. The average molecular weight is 263 g/mol. The smallest absolute Gasteiger partial charge is 0.168 e. The Bertz CT molecular complexity index is 176. The Morgan fingerprint density at radius 3 is 2.29 bits per heavy atom. The van der Waals surface area contributed by atoms with Gasteiger partial charge in [-0.15, -0.1) is 0 Å². The monoisotopic (exact) mass is 262 g/mol. The van der Waals surface area contributed by atoms with Crippen molar-refractivity contribution in [2.75, 3.05) is 11.9 Å². The molecular weight excluding hydrogens is 244 g/mol. The van der Waals surface area contributed by atoms with Crippen molar-refractivity contribution in [1.82, 2.24) is 0 Å². The Labute approximate surface area is 94.5 Å². The van der Waals surface area contributed by atoms with Crippen LogP contribution in [0, 0.1) is 0 Å². The zero-order chi connectivity index (χ0) is 9.86. The van der Waals surface area contributed by atoms with Crippen molar-refractivity contribution < 1.29 is 9.47 Å². The molecule has 1 unspecified atom stereocenters. The summed E-state index contributed by atoms with van der Waals surface area (Å²) in [5.74, 6) is -0.209. The maximum absolute atomic E-state index is 6.01. The van der Waals surface area contributed by atoms with Crippen LogP contribution in [0.5, 0.6) is 0 Å². The van der Waals surface area contributed by atoms with Gasteiger partial charge in [0.15, 0.2) is 5.79 Å². The number of rotatable bonds is 1. The molecule has 0 bridgehead atoms. The van der Waals surface area contributed by atoms with Gasteiger partial charge in [0.2, 0.25) is 0 Å². The summed E-state index contributed by atoms with van der Waals surface area (Å²) in [4.78, 5) is 0. The SMILES string of the molecule is BrCC1COC2(CCCCCCC2)O1. The topological polar surface area (TPSA) is 18.5 Å². The zero-order valence-corrected chi connectivity index (χ0v) is 10.2. The fraction of sp³-hybridized carbons (Fsp3) is 1.00. The average Bonchev–Trinajstić information content (AvgIpc) is 2.57. The van der Waals surface area contributed by atoms with Gasteiger partial charge in [-0.3, -0.25) is 0 Å². The summed E-state index contributed by atoms with van der Waals surface area (Å²) in [7, 11) is 0. The molecule has 0 radical (unpaired) electrons. The molecule has 0 aromatic rings. The molecule has 2 rings (SSSR count). The third-order valence-electron chi connectivity index (χ3n) is 3.20. The summed E-state index contributed by atoms with van der Waals surface area (Å²) in [5, 5.41) is 0.898. The zero-order valence-electron chi connectivity index (χ0n) is 8.64. The van der Waals surface area contributed by atoms with Crippen molar-refractivity contribution in [2.24, 2.45) is 0 Å². The van der Waals surface area contributed by atoms with Crippen LogP contribution in [0.15, 0.2) is 0 Å². The standard InChI is InChI=1S/C11H19BrO2/c12-8-10-9-13-11(14-10)6-4-2-1-3-5-7-11/h10H,1-9H2. The minimum atomic E-state index is -0.209. The van der Waals surface area contributed by atoms with Crippen molar-refractivity contribution in [1.29, 1.82) is 0 Å². The van der Waals surface area contributed by atoms with E-state index in [4.69, 9.17) is 9.47 Å². The molecule has 0 aromatic carbocycles. The summed E-state index contributed by atoms with van der Waals surface area (Å²) in [6.45, 7) is 0.769. The van der Waals surface area contributed by atoms with Gasteiger partial charge in [-0.1, -0.05) is 35.2 Å². The van der Waals surface area contributed by atoms with E-state index in [1.165, 1.54) is 32.1 Å². The third kappa shape index (κ3) is 2.50. The Morgan fingerprint density at radius 1 is 1.07 bits per heavy atom. The first-order valence-electron chi connectivity index (χ1n) is 5.72. The van der Waals surface area contributed by atoms with Crippen LogP contribution in [-0.4, -0.2) is 23.8 Å². The molecule has 2 nitrogen and oxygen atoms in total. The molecule has 2 fully saturated rings. The van der Waals surface area contributed by atoms with Gasteiger partial charge >= 0.3 is 0 Å². The van der Waals surface area contributed by atoms with Crippen LogP contribution in [0.1, 0.15) is 44.9 Å². The Kier molecular flexibility index (Phi) is 3.86. The molecule has 82 valence electrons. The van der Waals surface area contributed by atoms with Gasteiger partial charge in [-0.2, -0.15) is 0 Å². The van der Waals surface area contributed by atoms with Gasteiger partial charge in [0.1, 0.15) is 0 Å². The van der Waals surface area contributed by atoms with Crippen LogP contribution in [0.2, 0.25) is 0 Å². The van der Waals surface area contributed by atoms with E-state index < -0.39 is 0 Å². The predicted octanol–water partition coefficient (Wildman–Crippen LogP) is 3.24. The molecule has 1 atom stereocenters. The first kappa shape index (κ1) is 10.9. The maximum atomic E-state index is 6.01. The van der Waals surface area contributed by atoms with E-state index in [9.17, 15) is 0 Å². The lowest BCUT2D eigenvalue weighted by Gasteiger charge is -2.29. The van der Waals surface area contributed by atoms with Gasteiger partial charge in [-0.25, -0.2) is 0 Å². The Hall–Kier alpha value is 0.400. The highest BCUT2D eigenvalue weighted by atomic mass is 79.9. The second-order valence-electron chi connectivity index (χ2n) is 4.38. The molecule has 0 amide bonds. The molecule has 3 heteroatoms. The van der Waals surface area contributed by atoms with Gasteiger partial charge in [0.25, 0.3) is 0 Å². The van der Waals surface area contributed by atoms with Crippen LogP contribution in [-0.2, 0) is 9.47 Å². The largest absolute Gasteiger partial charge is 0.347 e. The molecule has 1 heterocycles. The van der Waals surface area contributed by atoms with Crippen LogP contribution < -0.4 is 0 Å². The van der Waals surface area contributed by atoms with Crippen molar-refractivity contribution in [3.63, 3.8) is 0 Å².